The fourth-order valence-corrected chi connectivity index (χ4v) is 2.09. The lowest BCUT2D eigenvalue weighted by atomic mass is 9.98. The summed E-state index contributed by atoms with van der Waals surface area (Å²) in [5, 5.41) is 30.9. The molecule has 0 radical (unpaired) electrons. The average molecular weight is 308 g/mol. The van der Waals surface area contributed by atoms with Crippen molar-refractivity contribution in [2.75, 3.05) is 18.5 Å². The molecular formula is C12H15F3N2O4. The fraction of sp³-hybridized carbons (Fsp3) is 0.583. The lowest BCUT2D eigenvalue weighted by molar-refractivity contribution is -0.153. The summed E-state index contributed by atoms with van der Waals surface area (Å²) in [6.45, 7) is -0.667. The minimum Gasteiger partial charge on any atom is -0.394 e. The van der Waals surface area contributed by atoms with Gasteiger partial charge in [-0.15, -0.1) is 0 Å². The number of nitrogens with one attached hydrogen (secondary N) is 1. The number of nitrogens with zero attached hydrogens (tertiary/aromatic N) is 1. The van der Waals surface area contributed by atoms with Gasteiger partial charge in [0.2, 0.25) is 0 Å². The van der Waals surface area contributed by atoms with Gasteiger partial charge in [-0.3, -0.25) is 0 Å². The molecule has 1 aliphatic rings. The number of hydrogen-bond donors (Lipinski definition) is 4. The van der Waals surface area contributed by atoms with Crippen molar-refractivity contribution < 1.29 is 33.2 Å². The molecule has 0 aromatic carbocycles. The summed E-state index contributed by atoms with van der Waals surface area (Å²) in [5.74, 6) is -0.452. The Morgan fingerprint density at radius 2 is 2.05 bits per heavy atom. The normalized spacial score (nSPS) is 30.2. The second-order valence-corrected chi connectivity index (χ2v) is 4.68. The number of pyridine rings is 1. The lowest BCUT2D eigenvalue weighted by Gasteiger charge is -2.37. The molecule has 2 rings (SSSR count). The van der Waals surface area contributed by atoms with E-state index in [-0.39, 0.29) is 6.61 Å². The predicted molar refractivity (Wildman–Crippen MR) is 65.5 cm³/mol. The van der Waals surface area contributed by atoms with E-state index in [9.17, 15) is 23.4 Å². The Morgan fingerprint density at radius 3 is 2.67 bits per heavy atom. The number of alkyl halides is 3. The Labute approximate surface area is 118 Å². The van der Waals surface area contributed by atoms with Crippen molar-refractivity contribution in [1.82, 2.24) is 4.98 Å². The van der Waals surface area contributed by atoms with Crippen LogP contribution in [-0.2, 0) is 10.9 Å². The van der Waals surface area contributed by atoms with Gasteiger partial charge in [0.15, 0.2) is 0 Å². The van der Waals surface area contributed by atoms with Crippen molar-refractivity contribution in [3.05, 3.63) is 23.9 Å². The van der Waals surface area contributed by atoms with Crippen LogP contribution >= 0.6 is 0 Å². The van der Waals surface area contributed by atoms with Gasteiger partial charge in [0.05, 0.1) is 24.8 Å². The Hall–Kier alpha value is -1.42. The first kappa shape index (κ1) is 16.0. The lowest BCUT2D eigenvalue weighted by Crippen LogP contribution is -2.56. The minimum absolute atomic E-state index is 0.169. The highest BCUT2D eigenvalue weighted by atomic mass is 19.4. The van der Waals surface area contributed by atoms with Crippen molar-refractivity contribution in [3.8, 4) is 0 Å². The highest BCUT2D eigenvalue weighted by Gasteiger charge is 2.40. The van der Waals surface area contributed by atoms with Gasteiger partial charge in [-0.2, -0.15) is 13.2 Å². The van der Waals surface area contributed by atoms with Crippen LogP contribution in [0.15, 0.2) is 18.3 Å². The number of aromatic nitrogens is 1. The quantitative estimate of drug-likeness (QED) is 0.628. The smallest absolute Gasteiger partial charge is 0.394 e. The number of halogens is 3. The summed E-state index contributed by atoms with van der Waals surface area (Å²) in [6, 6.07) is 1.04. The molecule has 0 spiro atoms. The molecule has 21 heavy (non-hydrogen) atoms. The first-order chi connectivity index (χ1) is 9.84. The van der Waals surface area contributed by atoms with Gasteiger partial charge in [0, 0.05) is 6.20 Å². The van der Waals surface area contributed by atoms with Gasteiger partial charge < -0.3 is 25.4 Å². The van der Waals surface area contributed by atoms with Gasteiger partial charge in [0.25, 0.3) is 0 Å². The Morgan fingerprint density at radius 1 is 1.33 bits per heavy atom. The van der Waals surface area contributed by atoms with Crippen molar-refractivity contribution >= 4 is 5.82 Å². The Balaban J connectivity index is 2.16. The van der Waals surface area contributed by atoms with E-state index in [1.165, 1.54) is 6.20 Å². The molecule has 6 nitrogen and oxygen atoms in total. The molecular weight excluding hydrogens is 293 g/mol. The highest BCUT2D eigenvalue weighted by molar-refractivity contribution is 5.46. The predicted octanol–water partition coefficient (Wildman–Crippen LogP) is -0.00620. The third-order valence-corrected chi connectivity index (χ3v) is 3.25. The summed E-state index contributed by atoms with van der Waals surface area (Å²) in [7, 11) is 0. The molecule has 1 aliphatic heterocycles. The number of rotatable bonds is 3. The molecule has 1 aromatic heterocycles. The van der Waals surface area contributed by atoms with Crippen LogP contribution in [0.2, 0.25) is 0 Å². The second kappa shape index (κ2) is 6.14. The number of hydrogen-bond acceptors (Lipinski definition) is 6. The standard InChI is InChI=1S/C12H15F3N2O4/c13-12(14,15)6-2-1-3-16-11(6)17-7-5-21-8(4-18)10(20)9(7)19/h1-3,7-10,18-20H,4-5H2,(H,16,17)/t7-,8-,9-,10+/m1/s1. The summed E-state index contributed by atoms with van der Waals surface area (Å²) in [4.78, 5) is 3.61. The molecule has 4 atom stereocenters. The van der Waals surface area contributed by atoms with Crippen LogP contribution in [0.5, 0.6) is 0 Å². The zero-order valence-electron chi connectivity index (χ0n) is 10.8. The third-order valence-electron chi connectivity index (χ3n) is 3.25. The number of aliphatic hydroxyl groups excluding tert-OH is 3. The maximum atomic E-state index is 12.8. The summed E-state index contributed by atoms with van der Waals surface area (Å²) in [6.07, 6.45) is -7.17. The van der Waals surface area contributed by atoms with E-state index in [4.69, 9.17) is 9.84 Å². The van der Waals surface area contributed by atoms with E-state index in [1.54, 1.807) is 0 Å². The first-order valence-corrected chi connectivity index (χ1v) is 6.22. The van der Waals surface area contributed by atoms with Gasteiger partial charge in [-0.05, 0) is 12.1 Å². The van der Waals surface area contributed by atoms with E-state index >= 15 is 0 Å². The molecule has 0 amide bonds. The van der Waals surface area contributed by atoms with Gasteiger partial charge in [0.1, 0.15) is 24.1 Å². The van der Waals surface area contributed by atoms with E-state index in [1.807, 2.05) is 0 Å². The summed E-state index contributed by atoms with van der Waals surface area (Å²) >= 11 is 0. The molecule has 0 saturated carbocycles. The Bertz CT molecular complexity index is 486. The van der Waals surface area contributed by atoms with Crippen LogP contribution in [0.25, 0.3) is 0 Å². The number of aliphatic hydroxyl groups is 3. The summed E-state index contributed by atoms with van der Waals surface area (Å²) in [5.41, 5.74) is -0.976. The maximum absolute atomic E-state index is 12.8. The van der Waals surface area contributed by atoms with Crippen LogP contribution in [0.1, 0.15) is 5.56 Å². The zero-order valence-corrected chi connectivity index (χ0v) is 10.8. The molecule has 118 valence electrons. The average Bonchev–Trinajstić information content (AvgIpc) is 2.44. The molecule has 4 N–H and O–H groups in total. The van der Waals surface area contributed by atoms with Crippen molar-refractivity contribution in [1.29, 1.82) is 0 Å². The van der Waals surface area contributed by atoms with E-state index in [0.717, 1.165) is 12.1 Å². The summed E-state index contributed by atoms with van der Waals surface area (Å²) < 4.78 is 43.6. The van der Waals surface area contributed by atoms with Gasteiger partial charge >= 0.3 is 6.18 Å². The SMILES string of the molecule is OC[C@H]1OC[C@@H](Nc2ncccc2C(F)(F)F)[C@@H](O)[C@H]1O. The number of anilines is 1. The monoisotopic (exact) mass is 308 g/mol. The molecule has 1 saturated heterocycles. The topological polar surface area (TPSA) is 94.8 Å². The largest absolute Gasteiger partial charge is 0.419 e. The highest BCUT2D eigenvalue weighted by Crippen LogP contribution is 2.34. The molecule has 1 fully saturated rings. The molecule has 0 bridgehead atoms. The van der Waals surface area contributed by atoms with Crippen LogP contribution < -0.4 is 5.32 Å². The molecule has 0 unspecified atom stereocenters. The van der Waals surface area contributed by atoms with E-state index in [0.29, 0.717) is 0 Å². The first-order valence-electron chi connectivity index (χ1n) is 6.22. The van der Waals surface area contributed by atoms with Crippen LogP contribution in [0.4, 0.5) is 19.0 Å². The van der Waals surface area contributed by atoms with E-state index in [2.05, 4.69) is 10.3 Å². The molecule has 1 aromatic rings. The molecule has 0 aliphatic carbocycles. The van der Waals surface area contributed by atoms with Crippen molar-refractivity contribution in [3.63, 3.8) is 0 Å². The zero-order chi connectivity index (χ0) is 15.6. The number of ether oxygens (including phenoxy) is 1. The van der Waals surface area contributed by atoms with Gasteiger partial charge in [-0.1, -0.05) is 0 Å². The fourth-order valence-electron chi connectivity index (χ4n) is 2.09. The minimum atomic E-state index is -4.59. The third kappa shape index (κ3) is 3.43. The second-order valence-electron chi connectivity index (χ2n) is 4.68. The van der Waals surface area contributed by atoms with Crippen LogP contribution in [0.3, 0.4) is 0 Å². The van der Waals surface area contributed by atoms with E-state index < -0.39 is 48.5 Å². The maximum Gasteiger partial charge on any atom is 0.419 e. The van der Waals surface area contributed by atoms with Crippen molar-refractivity contribution in [2.45, 2.75) is 30.5 Å². The molecule has 9 heteroatoms. The Kier molecular flexibility index (Phi) is 4.67. The van der Waals surface area contributed by atoms with Gasteiger partial charge in [-0.25, -0.2) is 4.98 Å². The van der Waals surface area contributed by atoms with Crippen LogP contribution in [-0.4, -0.2) is 57.9 Å². The molecule has 2 heterocycles. The van der Waals surface area contributed by atoms with Crippen LogP contribution in [0, 0.1) is 0 Å². The van der Waals surface area contributed by atoms with Crippen molar-refractivity contribution in [2.24, 2.45) is 0 Å².